The molecule has 0 saturated heterocycles. The first-order valence-electron chi connectivity index (χ1n) is 25.7. The van der Waals surface area contributed by atoms with Gasteiger partial charge in [-0.25, -0.2) is 0 Å². The van der Waals surface area contributed by atoms with Gasteiger partial charge in [0.1, 0.15) is 0 Å². The summed E-state index contributed by atoms with van der Waals surface area (Å²) in [5.41, 5.74) is 0. The number of hydrogen-bond donors (Lipinski definition) is 0. The van der Waals surface area contributed by atoms with E-state index >= 15 is 0 Å². The molecular weight excluding hydrogens is 641 g/mol. The van der Waals surface area contributed by atoms with Crippen LogP contribution in [0.1, 0.15) is 310 Å². The molecule has 0 saturated carbocycles. The summed E-state index contributed by atoms with van der Waals surface area (Å²) in [5.74, 6) is 0. The summed E-state index contributed by atoms with van der Waals surface area (Å²) in [5, 5.41) is 0. The van der Waals surface area contributed by atoms with Crippen molar-refractivity contribution in [2.24, 2.45) is 0 Å². The van der Waals surface area contributed by atoms with Gasteiger partial charge in [-0.2, -0.15) is 0 Å². The Hall–Kier alpha value is 0.217. The highest BCUT2D eigenvalue weighted by molar-refractivity contribution is 6.58. The molecule has 1 radical (unpaired) electrons. The van der Waals surface area contributed by atoms with Crippen LogP contribution in [0.5, 0.6) is 0 Å². The molecule has 0 rings (SSSR count). The predicted molar refractivity (Wildman–Crippen MR) is 245 cm³/mol. The highest BCUT2D eigenvalue weighted by atomic mass is 28.3. The quantitative estimate of drug-likeness (QED) is 0.0430. The van der Waals surface area contributed by atoms with Gasteiger partial charge in [-0.15, -0.1) is 0 Å². The van der Waals surface area contributed by atoms with Crippen molar-refractivity contribution >= 4 is 8.80 Å². The van der Waals surface area contributed by atoms with E-state index in [2.05, 4.69) is 20.8 Å². The number of unbranched alkanes of at least 4 members (excludes halogenated alkanes) is 42. The Morgan fingerprint density at radius 3 is 0.404 bits per heavy atom. The predicted octanol–water partition coefficient (Wildman–Crippen LogP) is 20.1. The van der Waals surface area contributed by atoms with Crippen LogP contribution in [0.2, 0.25) is 18.1 Å². The largest absolute Gasteiger partial charge is 0.0654 e. The Labute approximate surface area is 335 Å². The van der Waals surface area contributed by atoms with Crippen LogP contribution in [-0.4, -0.2) is 8.80 Å². The Morgan fingerprint density at radius 1 is 0.154 bits per heavy atom. The highest BCUT2D eigenvalue weighted by Crippen LogP contribution is 2.22. The van der Waals surface area contributed by atoms with Crippen molar-refractivity contribution in [2.75, 3.05) is 0 Å². The summed E-state index contributed by atoms with van der Waals surface area (Å²) in [6.07, 6.45) is 67.1. The minimum absolute atomic E-state index is 0.0964. The zero-order chi connectivity index (χ0) is 37.5. The van der Waals surface area contributed by atoms with Gasteiger partial charge in [-0.1, -0.05) is 328 Å². The maximum atomic E-state index is 2.32. The second-order valence-corrected chi connectivity index (χ2v) is 20.8. The van der Waals surface area contributed by atoms with Gasteiger partial charge in [0.25, 0.3) is 0 Å². The van der Waals surface area contributed by atoms with Gasteiger partial charge in [0.15, 0.2) is 0 Å². The average molecular weight is 746 g/mol. The van der Waals surface area contributed by atoms with Gasteiger partial charge in [0.05, 0.1) is 0 Å². The molecule has 1 heteroatoms. The molecule has 0 bridgehead atoms. The smallest absolute Gasteiger partial charge is 0.0479 e. The van der Waals surface area contributed by atoms with E-state index in [0.717, 1.165) is 0 Å². The van der Waals surface area contributed by atoms with E-state index in [1.165, 1.54) is 270 Å². The van der Waals surface area contributed by atoms with Crippen molar-refractivity contribution in [3.63, 3.8) is 0 Å². The van der Waals surface area contributed by atoms with Crippen molar-refractivity contribution in [3.8, 4) is 0 Å². The molecule has 313 valence electrons. The van der Waals surface area contributed by atoms with Crippen LogP contribution >= 0.6 is 0 Å². The Morgan fingerprint density at radius 2 is 0.269 bits per heavy atom. The third-order valence-corrected chi connectivity index (χ3v) is 15.6. The van der Waals surface area contributed by atoms with Gasteiger partial charge >= 0.3 is 0 Å². The first-order chi connectivity index (χ1) is 25.8. The van der Waals surface area contributed by atoms with Crippen LogP contribution in [0.4, 0.5) is 0 Å². The molecule has 0 heterocycles. The molecule has 0 aliphatic rings. The second kappa shape index (κ2) is 49.2. The van der Waals surface area contributed by atoms with Crippen molar-refractivity contribution in [2.45, 2.75) is 328 Å². The van der Waals surface area contributed by atoms with Crippen LogP contribution in [0.25, 0.3) is 0 Å². The van der Waals surface area contributed by atoms with Crippen molar-refractivity contribution in [1.82, 2.24) is 0 Å². The van der Waals surface area contributed by atoms with Crippen LogP contribution in [0.3, 0.4) is 0 Å². The van der Waals surface area contributed by atoms with E-state index in [-0.39, 0.29) is 8.80 Å². The van der Waals surface area contributed by atoms with Gasteiger partial charge in [-0.3, -0.25) is 0 Å². The summed E-state index contributed by atoms with van der Waals surface area (Å²) >= 11 is 0. The zero-order valence-corrected chi connectivity index (χ0v) is 38.4. The third kappa shape index (κ3) is 46.4. The van der Waals surface area contributed by atoms with E-state index < -0.39 is 0 Å². The normalized spacial score (nSPS) is 11.8. The molecule has 52 heavy (non-hydrogen) atoms. The van der Waals surface area contributed by atoms with E-state index in [9.17, 15) is 0 Å². The highest BCUT2D eigenvalue weighted by Gasteiger charge is 2.11. The van der Waals surface area contributed by atoms with E-state index in [1.807, 2.05) is 0 Å². The minimum Gasteiger partial charge on any atom is -0.0654 e. The lowest BCUT2D eigenvalue weighted by molar-refractivity contribution is 0.532. The van der Waals surface area contributed by atoms with E-state index in [0.29, 0.717) is 0 Å². The summed E-state index contributed by atoms with van der Waals surface area (Å²) in [7, 11) is -0.0964. The van der Waals surface area contributed by atoms with Crippen LogP contribution in [0.15, 0.2) is 0 Å². The maximum absolute atomic E-state index is 2.32. The Bertz CT molecular complexity index is 505. The average Bonchev–Trinajstić information content (AvgIpc) is 3.15. The van der Waals surface area contributed by atoms with Crippen molar-refractivity contribution in [3.05, 3.63) is 0 Å². The van der Waals surface area contributed by atoms with Crippen molar-refractivity contribution < 1.29 is 0 Å². The molecular formula is C51H105Si. The molecule has 0 atom stereocenters. The lowest BCUT2D eigenvalue weighted by atomic mass is 10.0. The molecule has 0 aliphatic heterocycles. The first kappa shape index (κ1) is 52.2. The minimum atomic E-state index is -0.0964. The number of hydrogen-bond acceptors (Lipinski definition) is 0. The lowest BCUT2D eigenvalue weighted by Crippen LogP contribution is -2.12. The molecule has 0 aliphatic carbocycles. The lowest BCUT2D eigenvalue weighted by Gasteiger charge is -2.15. The first-order valence-corrected chi connectivity index (χ1v) is 27.8. The molecule has 0 nitrogen and oxygen atoms in total. The van der Waals surface area contributed by atoms with Gasteiger partial charge in [-0.05, 0) is 0 Å². The van der Waals surface area contributed by atoms with E-state index in [4.69, 9.17) is 0 Å². The molecule has 0 spiro atoms. The molecule has 0 aromatic rings. The van der Waals surface area contributed by atoms with Crippen LogP contribution in [-0.2, 0) is 0 Å². The summed E-state index contributed by atoms with van der Waals surface area (Å²) in [6, 6.07) is 4.92. The summed E-state index contributed by atoms with van der Waals surface area (Å²) in [4.78, 5) is 0. The molecule has 0 aromatic carbocycles. The van der Waals surface area contributed by atoms with Crippen molar-refractivity contribution in [1.29, 1.82) is 0 Å². The fourth-order valence-corrected chi connectivity index (χ4v) is 11.6. The van der Waals surface area contributed by atoms with E-state index in [1.54, 1.807) is 37.4 Å². The van der Waals surface area contributed by atoms with Crippen LogP contribution < -0.4 is 0 Å². The summed E-state index contributed by atoms with van der Waals surface area (Å²) < 4.78 is 0. The third-order valence-electron chi connectivity index (χ3n) is 12.4. The van der Waals surface area contributed by atoms with Gasteiger partial charge in [0.2, 0.25) is 0 Å². The van der Waals surface area contributed by atoms with Crippen LogP contribution in [0, 0.1) is 0 Å². The molecule has 0 amide bonds. The monoisotopic (exact) mass is 746 g/mol. The van der Waals surface area contributed by atoms with Gasteiger partial charge in [0, 0.05) is 8.80 Å². The number of rotatable bonds is 48. The standard InChI is InChI=1S/C51H105Si/c1-4-7-10-13-16-19-22-25-28-31-34-37-40-43-46-49-52(50-47-44-41-38-35-32-29-26-23-20-17-14-11-8-5-2)51-48-45-42-39-36-33-30-27-24-21-18-15-12-9-6-3/h4-51H2,1-3H3. The SMILES string of the molecule is CCCCCCCCCCCCCCCCC[Si](CCCCCCCCCCCCCCCCC)CCCCCCCCCCCCCCCCC. The molecule has 0 N–H and O–H groups in total. The molecule has 0 unspecified atom stereocenters. The molecule has 0 fully saturated rings. The zero-order valence-electron chi connectivity index (χ0n) is 37.4. The Balaban J connectivity index is 3.94. The maximum Gasteiger partial charge on any atom is 0.0479 e. The topological polar surface area (TPSA) is 0 Å². The van der Waals surface area contributed by atoms with Gasteiger partial charge < -0.3 is 0 Å². The fraction of sp³-hybridized carbons (Fsp3) is 1.00. The second-order valence-electron chi connectivity index (χ2n) is 17.8. The molecule has 0 aromatic heterocycles. The fourth-order valence-electron chi connectivity index (χ4n) is 8.61. The Kier molecular flexibility index (Phi) is 49.4. The summed E-state index contributed by atoms with van der Waals surface area (Å²) in [6.45, 7) is 6.97.